The summed E-state index contributed by atoms with van der Waals surface area (Å²) in [5, 5.41) is 2.29. The van der Waals surface area contributed by atoms with Crippen molar-refractivity contribution in [3.63, 3.8) is 0 Å². The van der Waals surface area contributed by atoms with E-state index in [-0.39, 0.29) is 12.6 Å². The molecule has 1 aromatic heterocycles. The summed E-state index contributed by atoms with van der Waals surface area (Å²) in [6, 6.07) is 6.94. The largest absolute Gasteiger partial charge is 0.494 e. The second-order valence-corrected chi connectivity index (χ2v) is 4.86. The molecule has 0 aliphatic carbocycles. The lowest BCUT2D eigenvalue weighted by Crippen LogP contribution is -2.39. The van der Waals surface area contributed by atoms with E-state index in [0.717, 1.165) is 5.56 Å². The zero-order chi connectivity index (χ0) is 17.4. The van der Waals surface area contributed by atoms with Gasteiger partial charge in [-0.05, 0) is 42.9 Å². The van der Waals surface area contributed by atoms with Crippen molar-refractivity contribution in [3.8, 4) is 11.5 Å². The van der Waals surface area contributed by atoms with Gasteiger partial charge in [0.05, 0.1) is 17.8 Å². The van der Waals surface area contributed by atoms with Gasteiger partial charge in [-0.25, -0.2) is 0 Å². The minimum Gasteiger partial charge on any atom is -0.494 e. The van der Waals surface area contributed by atoms with Crippen molar-refractivity contribution in [2.75, 3.05) is 13.8 Å². The molecule has 0 atom stereocenters. The van der Waals surface area contributed by atoms with Crippen molar-refractivity contribution in [2.24, 2.45) is 4.99 Å². The molecule has 0 aliphatic heterocycles. The predicted molar refractivity (Wildman–Crippen MR) is 92.8 cm³/mol. The van der Waals surface area contributed by atoms with E-state index < -0.39 is 0 Å². The molecule has 0 unspecified atom stereocenters. The van der Waals surface area contributed by atoms with Crippen LogP contribution in [0.2, 0.25) is 0 Å². The first-order chi connectivity index (χ1) is 11.7. The highest BCUT2D eigenvalue weighted by Crippen LogP contribution is 2.36. The maximum absolute atomic E-state index is 11.9. The molecule has 0 radical (unpaired) electrons. The van der Waals surface area contributed by atoms with Crippen LogP contribution >= 0.6 is 12.2 Å². The van der Waals surface area contributed by atoms with Crippen molar-refractivity contribution in [1.29, 1.82) is 0 Å². The van der Waals surface area contributed by atoms with Gasteiger partial charge < -0.3 is 9.47 Å². The molecule has 7 nitrogen and oxygen atoms in total. The number of nitrogens with one attached hydrogen (secondary N) is 2. The van der Waals surface area contributed by atoms with E-state index in [2.05, 4.69) is 38.2 Å². The third kappa shape index (κ3) is 4.60. The maximum atomic E-state index is 11.9. The van der Waals surface area contributed by atoms with Gasteiger partial charge in [-0.3, -0.25) is 15.2 Å². The van der Waals surface area contributed by atoms with Crippen molar-refractivity contribution in [1.82, 2.24) is 15.8 Å². The molecule has 8 heteroatoms. The zero-order valence-corrected chi connectivity index (χ0v) is 14.0. The quantitative estimate of drug-likeness (QED) is 0.264. The molecule has 0 aliphatic rings. The molecule has 0 saturated carbocycles. The highest BCUT2D eigenvalue weighted by molar-refractivity contribution is 7.78. The van der Waals surface area contributed by atoms with Gasteiger partial charge in [0.1, 0.15) is 5.75 Å². The minimum atomic E-state index is -0.308. The van der Waals surface area contributed by atoms with E-state index in [1.54, 1.807) is 30.5 Å². The first-order valence-corrected chi connectivity index (χ1v) is 7.39. The zero-order valence-electron chi connectivity index (χ0n) is 13.2. The number of aromatic nitrogens is 1. The lowest BCUT2D eigenvalue weighted by Gasteiger charge is -2.12. The van der Waals surface area contributed by atoms with Crippen LogP contribution in [0.5, 0.6) is 11.5 Å². The van der Waals surface area contributed by atoms with E-state index in [4.69, 9.17) is 9.47 Å². The Hall–Kier alpha value is -2.80. The standard InChI is InChI=1S/C16H16N4O3S/c1-11-6-12(8-17-7-11)16(21)20-19-9-23-14-5-3-4-13(22-2)15(14)18-10-24/h3-8,19H,9H2,1-2H3,(H,20,21). The molecule has 0 saturated heterocycles. The minimum absolute atomic E-state index is 0.0259. The maximum Gasteiger partial charge on any atom is 0.267 e. The second kappa shape index (κ2) is 8.73. The number of para-hydroxylation sites is 1. The fourth-order valence-electron chi connectivity index (χ4n) is 1.92. The molecule has 2 N–H and O–H groups in total. The van der Waals surface area contributed by atoms with Crippen LogP contribution < -0.4 is 20.3 Å². The summed E-state index contributed by atoms with van der Waals surface area (Å²) in [6.45, 7) is 1.89. The van der Waals surface area contributed by atoms with Gasteiger partial charge in [-0.2, -0.15) is 10.4 Å². The topological polar surface area (TPSA) is 84.8 Å². The number of aliphatic imine (C=N–C) groups is 1. The lowest BCUT2D eigenvalue weighted by molar-refractivity contribution is 0.0914. The number of aryl methyl sites for hydroxylation is 1. The smallest absolute Gasteiger partial charge is 0.267 e. The molecule has 1 amide bonds. The molecule has 0 spiro atoms. The number of isothiocyanates is 1. The van der Waals surface area contributed by atoms with Gasteiger partial charge in [-0.1, -0.05) is 6.07 Å². The van der Waals surface area contributed by atoms with Crippen molar-refractivity contribution in [3.05, 3.63) is 47.8 Å². The molecular weight excluding hydrogens is 328 g/mol. The fraction of sp³-hybridized carbons (Fsp3) is 0.188. The molecule has 1 heterocycles. The Morgan fingerprint density at radius 2 is 2.17 bits per heavy atom. The number of hydrogen-bond donors (Lipinski definition) is 2. The fourth-order valence-corrected chi connectivity index (χ4v) is 2.01. The number of methoxy groups -OCH3 is 1. The average Bonchev–Trinajstić information content (AvgIpc) is 2.59. The number of amides is 1. The van der Waals surface area contributed by atoms with Gasteiger partial charge in [-0.15, -0.1) is 0 Å². The van der Waals surface area contributed by atoms with E-state index in [0.29, 0.717) is 22.7 Å². The Kier molecular flexibility index (Phi) is 6.39. The van der Waals surface area contributed by atoms with Crippen molar-refractivity contribution in [2.45, 2.75) is 6.92 Å². The number of benzene rings is 1. The number of ether oxygens (including phenoxy) is 2. The van der Waals surface area contributed by atoms with Gasteiger partial charge in [0.25, 0.3) is 5.91 Å². The summed E-state index contributed by atoms with van der Waals surface area (Å²) in [5.41, 5.74) is 6.99. The van der Waals surface area contributed by atoms with E-state index >= 15 is 0 Å². The Bertz CT molecular complexity index is 776. The third-order valence-electron chi connectivity index (χ3n) is 2.98. The van der Waals surface area contributed by atoms with Crippen LogP contribution in [0, 0.1) is 6.92 Å². The van der Waals surface area contributed by atoms with Crippen LogP contribution in [-0.4, -0.2) is 29.9 Å². The third-order valence-corrected chi connectivity index (χ3v) is 3.07. The van der Waals surface area contributed by atoms with Crippen LogP contribution in [-0.2, 0) is 0 Å². The number of carbonyl (C=O) groups is 1. The summed E-state index contributed by atoms with van der Waals surface area (Å²) in [4.78, 5) is 19.9. The number of rotatable bonds is 7. The lowest BCUT2D eigenvalue weighted by atomic mass is 10.2. The number of hydrogen-bond acceptors (Lipinski definition) is 7. The van der Waals surface area contributed by atoms with Gasteiger partial charge >= 0.3 is 0 Å². The first kappa shape index (κ1) is 17.6. The van der Waals surface area contributed by atoms with Crippen LogP contribution in [0.15, 0.2) is 41.7 Å². The van der Waals surface area contributed by atoms with E-state index in [1.807, 2.05) is 6.92 Å². The Labute approximate surface area is 144 Å². The average molecular weight is 344 g/mol. The number of pyridine rings is 1. The van der Waals surface area contributed by atoms with Crippen molar-refractivity contribution >= 4 is 29.0 Å². The Morgan fingerprint density at radius 1 is 1.38 bits per heavy atom. The van der Waals surface area contributed by atoms with Gasteiger partial charge in [0, 0.05) is 12.4 Å². The van der Waals surface area contributed by atoms with E-state index in [9.17, 15) is 4.79 Å². The summed E-state index contributed by atoms with van der Waals surface area (Å²) in [7, 11) is 1.52. The molecule has 24 heavy (non-hydrogen) atoms. The SMILES string of the molecule is COc1cccc(OCNNC(=O)c2cncc(C)c2)c1N=C=S. The molecule has 124 valence electrons. The summed E-state index contributed by atoms with van der Waals surface area (Å²) < 4.78 is 10.7. The summed E-state index contributed by atoms with van der Waals surface area (Å²) >= 11 is 4.63. The highest BCUT2D eigenvalue weighted by atomic mass is 32.1. The number of thiocarbonyl (C=S) groups is 1. The van der Waals surface area contributed by atoms with Crippen LogP contribution in [0.4, 0.5) is 5.69 Å². The van der Waals surface area contributed by atoms with Crippen LogP contribution in [0.1, 0.15) is 15.9 Å². The predicted octanol–water partition coefficient (Wildman–Crippen LogP) is 2.40. The molecular formula is C16H16N4O3S. The number of hydrazine groups is 1. The number of carbonyl (C=O) groups excluding carboxylic acids is 1. The molecule has 1 aromatic carbocycles. The summed E-state index contributed by atoms with van der Waals surface area (Å²) in [5.74, 6) is 0.656. The van der Waals surface area contributed by atoms with Crippen molar-refractivity contribution < 1.29 is 14.3 Å². The van der Waals surface area contributed by atoms with E-state index in [1.165, 1.54) is 13.3 Å². The molecule has 2 aromatic rings. The number of nitrogens with zero attached hydrogens (tertiary/aromatic N) is 2. The Morgan fingerprint density at radius 3 is 2.88 bits per heavy atom. The molecule has 0 fully saturated rings. The summed E-state index contributed by atoms with van der Waals surface area (Å²) in [6.07, 6.45) is 3.16. The molecule has 0 bridgehead atoms. The van der Waals surface area contributed by atoms with Crippen LogP contribution in [0.3, 0.4) is 0 Å². The molecule has 2 rings (SSSR count). The monoisotopic (exact) mass is 344 g/mol. The first-order valence-electron chi connectivity index (χ1n) is 6.98. The Balaban J connectivity index is 1.93. The normalized spacial score (nSPS) is 9.75. The second-order valence-electron chi connectivity index (χ2n) is 4.68. The van der Waals surface area contributed by atoms with Gasteiger partial charge in [0.15, 0.2) is 18.2 Å². The highest BCUT2D eigenvalue weighted by Gasteiger charge is 2.09. The van der Waals surface area contributed by atoms with Gasteiger partial charge in [0.2, 0.25) is 0 Å². The van der Waals surface area contributed by atoms with Crippen LogP contribution in [0.25, 0.3) is 0 Å².